The van der Waals surface area contributed by atoms with Gasteiger partial charge in [-0.05, 0) is 25.2 Å². The fraction of sp³-hybridized carbons (Fsp3) is 0.833. The molecule has 0 bridgehead atoms. The van der Waals surface area contributed by atoms with Gasteiger partial charge < -0.3 is 14.3 Å². The lowest BCUT2D eigenvalue weighted by molar-refractivity contribution is -0.175. The lowest BCUT2D eigenvalue weighted by Crippen LogP contribution is -2.29. The molecule has 0 aliphatic carbocycles. The summed E-state index contributed by atoms with van der Waals surface area (Å²) in [6, 6.07) is 0. The fourth-order valence-corrected chi connectivity index (χ4v) is 2.56. The van der Waals surface area contributed by atoms with E-state index in [-0.39, 0.29) is 42.7 Å². The Balaban J connectivity index is 4.50. The van der Waals surface area contributed by atoms with Crippen LogP contribution in [0.25, 0.3) is 0 Å². The Morgan fingerprint density at radius 2 is 1.22 bits per heavy atom. The summed E-state index contributed by atoms with van der Waals surface area (Å²) < 4.78 is 10.2. The number of ketones is 1. The summed E-state index contributed by atoms with van der Waals surface area (Å²) in [5.41, 5.74) is 0. The number of rotatable bonds is 11. The Morgan fingerprint density at radius 1 is 0.783 bits per heavy atom. The molecule has 4 atom stereocenters. The molecule has 0 fully saturated rings. The monoisotopic (exact) mass is 328 g/mol. The van der Waals surface area contributed by atoms with Crippen molar-refractivity contribution in [2.24, 2.45) is 23.7 Å². The molecule has 0 aliphatic rings. The Labute approximate surface area is 140 Å². The lowest BCUT2D eigenvalue weighted by atomic mass is 9.88. The second-order valence-electron chi connectivity index (χ2n) is 6.34. The second-order valence-corrected chi connectivity index (χ2v) is 6.34. The van der Waals surface area contributed by atoms with E-state index in [4.69, 9.17) is 9.47 Å². The number of esters is 2. The highest BCUT2D eigenvalue weighted by atomic mass is 16.7. The Morgan fingerprint density at radius 3 is 1.61 bits per heavy atom. The van der Waals surface area contributed by atoms with Crippen molar-refractivity contribution in [2.75, 3.05) is 6.79 Å². The normalized spacial score (nSPS) is 16.1. The van der Waals surface area contributed by atoms with E-state index in [1.807, 2.05) is 34.6 Å². The summed E-state index contributed by atoms with van der Waals surface area (Å²) in [6.07, 6.45) is 2.52. The molecule has 0 N–H and O–H groups in total. The van der Waals surface area contributed by atoms with E-state index < -0.39 is 11.9 Å². The Bertz CT molecular complexity index is 391. The smallest absolute Gasteiger partial charge is 0.312 e. The van der Waals surface area contributed by atoms with Crippen molar-refractivity contribution in [3.05, 3.63) is 0 Å². The van der Waals surface area contributed by atoms with E-state index >= 15 is 0 Å². The van der Waals surface area contributed by atoms with Crippen LogP contribution in [-0.2, 0) is 23.9 Å². The Kier molecular flexibility index (Phi) is 10.5. The van der Waals surface area contributed by atoms with Crippen molar-refractivity contribution in [1.29, 1.82) is 0 Å². The number of ether oxygens (including phenoxy) is 2. The molecule has 23 heavy (non-hydrogen) atoms. The zero-order valence-electron chi connectivity index (χ0n) is 15.4. The third kappa shape index (κ3) is 7.62. The molecule has 134 valence electrons. The molecule has 5 heteroatoms. The topological polar surface area (TPSA) is 69.7 Å². The molecular weight excluding hydrogens is 296 g/mol. The third-order valence-electron chi connectivity index (χ3n) is 4.62. The summed E-state index contributed by atoms with van der Waals surface area (Å²) in [5, 5.41) is 0. The number of carbonyl (C=O) groups excluding carboxylic acids is 3. The largest absolute Gasteiger partial charge is 0.428 e. The van der Waals surface area contributed by atoms with Gasteiger partial charge in [0.2, 0.25) is 6.79 Å². The van der Waals surface area contributed by atoms with Crippen molar-refractivity contribution in [3.63, 3.8) is 0 Å². The summed E-state index contributed by atoms with van der Waals surface area (Å²) in [4.78, 5) is 35.5. The first-order chi connectivity index (χ1) is 10.8. The van der Waals surface area contributed by atoms with Gasteiger partial charge in [0.15, 0.2) is 0 Å². The second kappa shape index (κ2) is 11.2. The molecule has 0 aromatic carbocycles. The van der Waals surface area contributed by atoms with Crippen LogP contribution in [-0.4, -0.2) is 24.5 Å². The predicted molar refractivity (Wildman–Crippen MR) is 88.5 cm³/mol. The fourth-order valence-electron chi connectivity index (χ4n) is 2.56. The van der Waals surface area contributed by atoms with Crippen molar-refractivity contribution >= 4 is 17.7 Å². The lowest BCUT2D eigenvalue weighted by Gasteiger charge is -2.22. The summed E-state index contributed by atoms with van der Waals surface area (Å²) in [5.74, 6) is -1.24. The first-order valence-corrected chi connectivity index (χ1v) is 8.60. The molecule has 0 amide bonds. The van der Waals surface area contributed by atoms with Crippen molar-refractivity contribution in [1.82, 2.24) is 0 Å². The van der Waals surface area contributed by atoms with Crippen LogP contribution in [0, 0.1) is 23.7 Å². The highest BCUT2D eigenvalue weighted by Gasteiger charge is 2.28. The maximum Gasteiger partial charge on any atom is 0.312 e. The average Bonchev–Trinajstić information content (AvgIpc) is 2.51. The highest BCUT2D eigenvalue weighted by Crippen LogP contribution is 2.22. The highest BCUT2D eigenvalue weighted by molar-refractivity contribution is 5.83. The number of hydrogen-bond acceptors (Lipinski definition) is 5. The molecule has 0 aliphatic heterocycles. The van der Waals surface area contributed by atoms with Crippen LogP contribution >= 0.6 is 0 Å². The van der Waals surface area contributed by atoms with Crippen LogP contribution in [0.15, 0.2) is 0 Å². The zero-order chi connectivity index (χ0) is 18.0. The van der Waals surface area contributed by atoms with Gasteiger partial charge in [-0.2, -0.15) is 0 Å². The zero-order valence-corrected chi connectivity index (χ0v) is 15.4. The van der Waals surface area contributed by atoms with Crippen LogP contribution in [0.5, 0.6) is 0 Å². The summed E-state index contributed by atoms with van der Waals surface area (Å²) >= 11 is 0. The van der Waals surface area contributed by atoms with E-state index in [0.29, 0.717) is 6.42 Å². The molecule has 0 radical (unpaired) electrons. The van der Waals surface area contributed by atoms with Crippen LogP contribution < -0.4 is 0 Å². The first-order valence-electron chi connectivity index (χ1n) is 8.60. The van der Waals surface area contributed by atoms with Gasteiger partial charge in [-0.1, -0.05) is 47.5 Å². The number of hydrogen-bond donors (Lipinski definition) is 0. The minimum absolute atomic E-state index is 0.0469. The van der Waals surface area contributed by atoms with E-state index in [0.717, 1.165) is 12.8 Å². The SMILES string of the molecule is CCC(C)C(CC)C(=O)OCOC(=O)C(CC(C)=O)C(C)CC. The van der Waals surface area contributed by atoms with Gasteiger partial charge in [0.25, 0.3) is 0 Å². The van der Waals surface area contributed by atoms with Gasteiger partial charge in [-0.15, -0.1) is 0 Å². The van der Waals surface area contributed by atoms with E-state index in [1.165, 1.54) is 6.92 Å². The molecule has 4 unspecified atom stereocenters. The molecule has 0 spiro atoms. The maximum absolute atomic E-state index is 12.1. The van der Waals surface area contributed by atoms with Crippen molar-refractivity contribution in [3.8, 4) is 0 Å². The molecule has 0 saturated carbocycles. The Hall–Kier alpha value is -1.39. The average molecular weight is 328 g/mol. The van der Waals surface area contributed by atoms with Crippen molar-refractivity contribution in [2.45, 2.75) is 67.2 Å². The van der Waals surface area contributed by atoms with Gasteiger partial charge in [0.1, 0.15) is 5.78 Å². The van der Waals surface area contributed by atoms with Gasteiger partial charge in [0.05, 0.1) is 11.8 Å². The summed E-state index contributed by atoms with van der Waals surface area (Å²) in [6.45, 7) is 10.9. The van der Waals surface area contributed by atoms with Gasteiger partial charge in [-0.3, -0.25) is 9.59 Å². The van der Waals surface area contributed by atoms with E-state index in [1.54, 1.807) is 0 Å². The standard InChI is InChI=1S/C18H32O5/c1-7-12(4)15(9-3)17(20)22-11-23-18(21)16(10-14(6)19)13(5)8-2/h12-13,15-16H,7-11H2,1-6H3. The molecule has 0 aromatic heterocycles. The first kappa shape index (κ1) is 21.6. The third-order valence-corrected chi connectivity index (χ3v) is 4.62. The van der Waals surface area contributed by atoms with Crippen LogP contribution in [0.1, 0.15) is 67.2 Å². The van der Waals surface area contributed by atoms with Gasteiger partial charge in [-0.25, -0.2) is 0 Å². The predicted octanol–water partition coefficient (Wildman–Crippen LogP) is 3.74. The van der Waals surface area contributed by atoms with Crippen molar-refractivity contribution < 1.29 is 23.9 Å². The van der Waals surface area contributed by atoms with E-state index in [2.05, 4.69) is 0 Å². The molecule has 0 aromatic rings. The minimum Gasteiger partial charge on any atom is -0.428 e. The van der Waals surface area contributed by atoms with Crippen LogP contribution in [0.3, 0.4) is 0 Å². The molecule has 5 nitrogen and oxygen atoms in total. The molecule has 0 heterocycles. The summed E-state index contributed by atoms with van der Waals surface area (Å²) in [7, 11) is 0. The van der Waals surface area contributed by atoms with Crippen LogP contribution in [0.4, 0.5) is 0 Å². The van der Waals surface area contributed by atoms with Gasteiger partial charge >= 0.3 is 11.9 Å². The van der Waals surface area contributed by atoms with E-state index in [9.17, 15) is 14.4 Å². The van der Waals surface area contributed by atoms with Gasteiger partial charge in [0, 0.05) is 6.42 Å². The van der Waals surface area contributed by atoms with Crippen LogP contribution in [0.2, 0.25) is 0 Å². The maximum atomic E-state index is 12.1. The number of Topliss-reactive ketones (excluding diaryl/α,β-unsaturated/α-hetero) is 1. The molecular formula is C18H32O5. The quantitative estimate of drug-likeness (QED) is 0.427. The molecule has 0 rings (SSSR count). The molecule has 0 saturated heterocycles. The number of carbonyl (C=O) groups is 3. The minimum atomic E-state index is -0.479.